The molecule has 1 aromatic carbocycles. The van der Waals surface area contributed by atoms with Gasteiger partial charge in [0, 0.05) is 24.8 Å². The SMILES string of the molecule is Nc1ccccc1CCN(Cc1ccsc1)C1CC1. The first-order valence-electron chi connectivity index (χ1n) is 6.91. The van der Waals surface area contributed by atoms with Crippen molar-refractivity contribution in [2.24, 2.45) is 0 Å². The Bertz CT molecular complexity index is 517. The van der Waals surface area contributed by atoms with Crippen LogP contribution in [-0.4, -0.2) is 17.5 Å². The average Bonchev–Trinajstić information content (AvgIpc) is 3.14. The molecule has 2 N–H and O–H groups in total. The van der Waals surface area contributed by atoms with E-state index in [1.807, 2.05) is 12.1 Å². The molecule has 1 heterocycles. The van der Waals surface area contributed by atoms with Gasteiger partial charge in [-0.2, -0.15) is 11.3 Å². The smallest absolute Gasteiger partial charge is 0.0347 e. The van der Waals surface area contributed by atoms with E-state index in [0.29, 0.717) is 0 Å². The molecule has 2 nitrogen and oxygen atoms in total. The molecule has 1 fully saturated rings. The average molecular weight is 272 g/mol. The minimum atomic E-state index is 0.796. The molecular weight excluding hydrogens is 252 g/mol. The van der Waals surface area contributed by atoms with Crippen molar-refractivity contribution < 1.29 is 0 Å². The van der Waals surface area contributed by atoms with Gasteiger partial charge in [-0.15, -0.1) is 0 Å². The maximum Gasteiger partial charge on any atom is 0.0347 e. The normalized spacial score (nSPS) is 15.0. The fourth-order valence-electron chi connectivity index (χ4n) is 2.47. The van der Waals surface area contributed by atoms with E-state index in [2.05, 4.69) is 33.9 Å². The van der Waals surface area contributed by atoms with Crippen molar-refractivity contribution in [2.75, 3.05) is 12.3 Å². The molecule has 0 saturated heterocycles. The molecule has 3 heteroatoms. The molecule has 0 bridgehead atoms. The number of rotatable bonds is 6. The van der Waals surface area contributed by atoms with Gasteiger partial charge in [0.15, 0.2) is 0 Å². The largest absolute Gasteiger partial charge is 0.399 e. The molecule has 1 aromatic heterocycles. The third-order valence-electron chi connectivity index (χ3n) is 3.75. The second-order valence-electron chi connectivity index (χ2n) is 5.28. The minimum absolute atomic E-state index is 0.796. The standard InChI is InChI=1S/C16H20N2S/c17-16-4-2-1-3-14(16)7-9-18(15-5-6-15)11-13-8-10-19-12-13/h1-4,8,10,12,15H,5-7,9,11,17H2. The summed E-state index contributed by atoms with van der Waals surface area (Å²) in [5.41, 5.74) is 9.66. The van der Waals surface area contributed by atoms with Gasteiger partial charge in [-0.05, 0) is 53.3 Å². The number of hydrogen-bond donors (Lipinski definition) is 1. The lowest BCUT2D eigenvalue weighted by Gasteiger charge is -2.21. The molecule has 100 valence electrons. The zero-order valence-corrected chi connectivity index (χ0v) is 11.9. The number of nitrogen functional groups attached to an aromatic ring is 1. The molecule has 1 aliphatic rings. The zero-order chi connectivity index (χ0) is 13.1. The number of thiophene rings is 1. The van der Waals surface area contributed by atoms with Crippen LogP contribution < -0.4 is 5.73 Å². The maximum atomic E-state index is 6.02. The molecule has 0 atom stereocenters. The summed E-state index contributed by atoms with van der Waals surface area (Å²) in [4.78, 5) is 2.61. The van der Waals surface area contributed by atoms with Crippen molar-refractivity contribution in [1.82, 2.24) is 4.90 Å². The molecule has 0 radical (unpaired) electrons. The number of nitrogens with zero attached hydrogens (tertiary/aromatic N) is 1. The van der Waals surface area contributed by atoms with Crippen LogP contribution in [0.15, 0.2) is 41.1 Å². The fourth-order valence-corrected chi connectivity index (χ4v) is 3.13. The van der Waals surface area contributed by atoms with Crippen LogP contribution in [0.2, 0.25) is 0 Å². The Hall–Kier alpha value is -1.32. The number of anilines is 1. The highest BCUT2D eigenvalue weighted by Crippen LogP contribution is 2.29. The van der Waals surface area contributed by atoms with E-state index >= 15 is 0 Å². The van der Waals surface area contributed by atoms with E-state index < -0.39 is 0 Å². The maximum absolute atomic E-state index is 6.02. The topological polar surface area (TPSA) is 29.3 Å². The predicted octanol–water partition coefficient (Wildman–Crippen LogP) is 3.54. The summed E-state index contributed by atoms with van der Waals surface area (Å²) >= 11 is 1.78. The lowest BCUT2D eigenvalue weighted by atomic mass is 10.1. The van der Waals surface area contributed by atoms with E-state index in [1.165, 1.54) is 24.0 Å². The molecular formula is C16H20N2S. The second-order valence-corrected chi connectivity index (χ2v) is 6.06. The summed E-state index contributed by atoms with van der Waals surface area (Å²) < 4.78 is 0. The summed E-state index contributed by atoms with van der Waals surface area (Å²) in [5.74, 6) is 0. The van der Waals surface area contributed by atoms with Crippen LogP contribution >= 0.6 is 11.3 Å². The van der Waals surface area contributed by atoms with Crippen molar-refractivity contribution in [3.63, 3.8) is 0 Å². The van der Waals surface area contributed by atoms with Gasteiger partial charge in [-0.1, -0.05) is 18.2 Å². The van der Waals surface area contributed by atoms with Gasteiger partial charge in [0.25, 0.3) is 0 Å². The Kier molecular flexibility index (Phi) is 3.85. The van der Waals surface area contributed by atoms with Gasteiger partial charge in [-0.3, -0.25) is 4.90 Å². The van der Waals surface area contributed by atoms with Crippen molar-refractivity contribution in [3.05, 3.63) is 52.2 Å². The molecule has 2 aromatic rings. The number of nitrogens with two attached hydrogens (primary N) is 1. The van der Waals surface area contributed by atoms with E-state index in [4.69, 9.17) is 5.73 Å². The molecule has 0 aliphatic heterocycles. The lowest BCUT2D eigenvalue weighted by Crippen LogP contribution is -2.27. The Morgan fingerprint density at radius 2 is 2.05 bits per heavy atom. The highest BCUT2D eigenvalue weighted by atomic mass is 32.1. The fraction of sp³-hybridized carbons (Fsp3) is 0.375. The predicted molar refractivity (Wildman–Crippen MR) is 82.3 cm³/mol. The minimum Gasteiger partial charge on any atom is -0.399 e. The number of hydrogen-bond acceptors (Lipinski definition) is 3. The van der Waals surface area contributed by atoms with Gasteiger partial charge < -0.3 is 5.73 Å². The molecule has 1 saturated carbocycles. The summed E-state index contributed by atoms with van der Waals surface area (Å²) in [6.45, 7) is 2.19. The monoisotopic (exact) mass is 272 g/mol. The molecule has 0 spiro atoms. The van der Waals surface area contributed by atoms with E-state index in [-0.39, 0.29) is 0 Å². The lowest BCUT2D eigenvalue weighted by molar-refractivity contribution is 0.258. The van der Waals surface area contributed by atoms with Gasteiger partial charge in [0.05, 0.1) is 0 Å². The van der Waals surface area contributed by atoms with E-state index in [9.17, 15) is 0 Å². The second kappa shape index (κ2) is 5.76. The van der Waals surface area contributed by atoms with Gasteiger partial charge in [-0.25, -0.2) is 0 Å². The summed E-state index contributed by atoms with van der Waals surface area (Å²) in [5, 5.41) is 4.42. The zero-order valence-electron chi connectivity index (χ0n) is 11.1. The molecule has 19 heavy (non-hydrogen) atoms. The van der Waals surface area contributed by atoms with Gasteiger partial charge >= 0.3 is 0 Å². The molecule has 0 amide bonds. The highest BCUT2D eigenvalue weighted by Gasteiger charge is 2.28. The molecule has 1 aliphatic carbocycles. The van der Waals surface area contributed by atoms with Crippen LogP contribution in [0.25, 0.3) is 0 Å². The summed E-state index contributed by atoms with van der Waals surface area (Å²) in [6, 6.07) is 11.2. The van der Waals surface area contributed by atoms with Crippen LogP contribution in [0.1, 0.15) is 24.0 Å². The Morgan fingerprint density at radius 3 is 2.74 bits per heavy atom. The highest BCUT2D eigenvalue weighted by molar-refractivity contribution is 7.07. The van der Waals surface area contributed by atoms with Gasteiger partial charge in [0.2, 0.25) is 0 Å². The van der Waals surface area contributed by atoms with Crippen molar-refractivity contribution >= 4 is 17.0 Å². The Labute approximate surface area is 118 Å². The molecule has 0 unspecified atom stereocenters. The first-order chi connectivity index (χ1) is 9.33. The molecule has 3 rings (SSSR count). The third kappa shape index (κ3) is 3.37. The van der Waals surface area contributed by atoms with Crippen LogP contribution in [0, 0.1) is 0 Å². The van der Waals surface area contributed by atoms with Crippen LogP contribution in [0.5, 0.6) is 0 Å². The van der Waals surface area contributed by atoms with Crippen LogP contribution in [-0.2, 0) is 13.0 Å². The van der Waals surface area contributed by atoms with Crippen molar-refractivity contribution in [1.29, 1.82) is 0 Å². The first kappa shape index (κ1) is 12.7. The van der Waals surface area contributed by atoms with Crippen molar-refractivity contribution in [3.8, 4) is 0 Å². The number of benzene rings is 1. The first-order valence-corrected chi connectivity index (χ1v) is 7.86. The quantitative estimate of drug-likeness (QED) is 0.815. The van der Waals surface area contributed by atoms with Crippen LogP contribution in [0.3, 0.4) is 0 Å². The number of para-hydroxylation sites is 1. The van der Waals surface area contributed by atoms with E-state index in [0.717, 1.165) is 31.2 Å². The summed E-state index contributed by atoms with van der Waals surface area (Å²) in [6.07, 6.45) is 3.76. The van der Waals surface area contributed by atoms with Crippen LogP contribution in [0.4, 0.5) is 5.69 Å². The third-order valence-corrected chi connectivity index (χ3v) is 4.48. The van der Waals surface area contributed by atoms with E-state index in [1.54, 1.807) is 11.3 Å². The van der Waals surface area contributed by atoms with Gasteiger partial charge in [0.1, 0.15) is 0 Å². The summed E-state index contributed by atoms with van der Waals surface area (Å²) in [7, 11) is 0. The Balaban J connectivity index is 1.61. The van der Waals surface area contributed by atoms with Crippen molar-refractivity contribution in [2.45, 2.75) is 31.8 Å². The Morgan fingerprint density at radius 1 is 1.21 bits per heavy atom.